The molecule has 0 spiro atoms. The van der Waals surface area contributed by atoms with Crippen molar-refractivity contribution >= 4 is 22.8 Å². The standard InChI is InChI=1S/C21H29N3O5/c1-27-11-3-6-22-20(25)14-23-7-9-24(10-8-23)21(26)12-16-15-29-19-13-17(28-2)4-5-18(16)19/h4-5,13,15H,3,6-12,14H2,1-2H3,(H,22,25)/p+1. The van der Waals surface area contributed by atoms with Crippen LogP contribution in [0.15, 0.2) is 28.9 Å². The van der Waals surface area contributed by atoms with Crippen LogP contribution >= 0.6 is 0 Å². The number of ether oxygens (including phenoxy) is 2. The first-order valence-corrected chi connectivity index (χ1v) is 10.0. The summed E-state index contributed by atoms with van der Waals surface area (Å²) >= 11 is 0. The summed E-state index contributed by atoms with van der Waals surface area (Å²) in [6.45, 7) is 4.61. The van der Waals surface area contributed by atoms with Gasteiger partial charge in [0.2, 0.25) is 5.91 Å². The van der Waals surface area contributed by atoms with Gasteiger partial charge in [0.1, 0.15) is 11.3 Å². The molecule has 0 saturated carbocycles. The fourth-order valence-corrected chi connectivity index (χ4v) is 3.59. The molecule has 0 bridgehead atoms. The molecule has 2 aromatic rings. The summed E-state index contributed by atoms with van der Waals surface area (Å²) in [7, 11) is 3.26. The normalized spacial score (nSPS) is 14.9. The molecule has 0 radical (unpaired) electrons. The van der Waals surface area contributed by atoms with Gasteiger partial charge >= 0.3 is 0 Å². The molecular formula is C21H30N3O5+. The summed E-state index contributed by atoms with van der Waals surface area (Å²) in [6, 6.07) is 5.62. The number of carbonyl (C=O) groups is 2. The minimum absolute atomic E-state index is 0.0520. The predicted octanol–water partition coefficient (Wildman–Crippen LogP) is -0.136. The Bertz CT molecular complexity index is 827. The Labute approximate surface area is 170 Å². The molecule has 0 aliphatic carbocycles. The van der Waals surface area contributed by atoms with Crippen LogP contribution in [0, 0.1) is 0 Å². The van der Waals surface area contributed by atoms with Crippen LogP contribution in [-0.4, -0.2) is 76.8 Å². The van der Waals surface area contributed by atoms with Crippen LogP contribution in [0.5, 0.6) is 5.75 Å². The van der Waals surface area contributed by atoms with Gasteiger partial charge in [-0.15, -0.1) is 0 Å². The summed E-state index contributed by atoms with van der Waals surface area (Å²) in [5.41, 5.74) is 1.61. The lowest BCUT2D eigenvalue weighted by molar-refractivity contribution is -0.896. The minimum atomic E-state index is 0.0520. The van der Waals surface area contributed by atoms with Crippen molar-refractivity contribution in [2.24, 2.45) is 0 Å². The van der Waals surface area contributed by atoms with Gasteiger partial charge in [-0.1, -0.05) is 0 Å². The van der Waals surface area contributed by atoms with Crippen LogP contribution in [-0.2, 0) is 20.7 Å². The number of nitrogens with one attached hydrogen (secondary N) is 2. The van der Waals surface area contributed by atoms with E-state index in [9.17, 15) is 9.59 Å². The number of quaternary nitrogens is 1. The van der Waals surface area contributed by atoms with E-state index in [0.29, 0.717) is 39.2 Å². The highest BCUT2D eigenvalue weighted by Crippen LogP contribution is 2.26. The third kappa shape index (κ3) is 5.71. The molecule has 158 valence electrons. The summed E-state index contributed by atoms with van der Waals surface area (Å²) in [6.07, 6.45) is 2.78. The van der Waals surface area contributed by atoms with Crippen LogP contribution in [0.4, 0.5) is 0 Å². The van der Waals surface area contributed by atoms with E-state index in [1.54, 1.807) is 20.5 Å². The molecule has 0 atom stereocenters. The highest BCUT2D eigenvalue weighted by Gasteiger charge is 2.25. The smallest absolute Gasteiger partial charge is 0.275 e. The number of carbonyl (C=O) groups excluding carboxylic acids is 2. The van der Waals surface area contributed by atoms with E-state index in [1.807, 2.05) is 23.1 Å². The maximum absolute atomic E-state index is 12.7. The number of hydrogen-bond donors (Lipinski definition) is 2. The Hall–Kier alpha value is -2.58. The van der Waals surface area contributed by atoms with E-state index >= 15 is 0 Å². The molecule has 1 aromatic heterocycles. The number of furan rings is 1. The fourth-order valence-electron chi connectivity index (χ4n) is 3.59. The monoisotopic (exact) mass is 404 g/mol. The van der Waals surface area contributed by atoms with Crippen molar-refractivity contribution < 1.29 is 28.4 Å². The van der Waals surface area contributed by atoms with E-state index in [0.717, 1.165) is 41.8 Å². The van der Waals surface area contributed by atoms with Crippen molar-refractivity contribution in [1.29, 1.82) is 0 Å². The summed E-state index contributed by atoms with van der Waals surface area (Å²) < 4.78 is 15.8. The molecular weight excluding hydrogens is 374 g/mol. The zero-order valence-corrected chi connectivity index (χ0v) is 17.2. The van der Waals surface area contributed by atoms with Gasteiger partial charge in [-0.05, 0) is 18.6 Å². The molecule has 1 saturated heterocycles. The van der Waals surface area contributed by atoms with E-state index in [2.05, 4.69) is 5.32 Å². The van der Waals surface area contributed by atoms with Gasteiger partial charge in [-0.3, -0.25) is 9.59 Å². The van der Waals surface area contributed by atoms with Crippen molar-refractivity contribution in [1.82, 2.24) is 10.2 Å². The quantitative estimate of drug-likeness (QED) is 0.569. The Kier molecular flexibility index (Phi) is 7.48. The predicted molar refractivity (Wildman–Crippen MR) is 108 cm³/mol. The second-order valence-electron chi connectivity index (χ2n) is 7.30. The number of amides is 2. The number of nitrogens with zero attached hydrogens (tertiary/aromatic N) is 1. The molecule has 2 amide bonds. The molecule has 1 fully saturated rings. The van der Waals surface area contributed by atoms with Crippen LogP contribution in [0.1, 0.15) is 12.0 Å². The van der Waals surface area contributed by atoms with Crippen molar-refractivity contribution in [3.8, 4) is 5.75 Å². The summed E-state index contributed by atoms with van der Waals surface area (Å²) in [5.74, 6) is 0.870. The van der Waals surface area contributed by atoms with Gasteiger partial charge in [0.25, 0.3) is 5.91 Å². The number of hydrogen-bond acceptors (Lipinski definition) is 5. The first-order valence-electron chi connectivity index (χ1n) is 10.0. The maximum Gasteiger partial charge on any atom is 0.275 e. The molecule has 2 N–H and O–H groups in total. The van der Waals surface area contributed by atoms with Crippen LogP contribution in [0.3, 0.4) is 0 Å². The summed E-state index contributed by atoms with van der Waals surface area (Å²) in [5, 5.41) is 3.85. The van der Waals surface area contributed by atoms with Crippen molar-refractivity contribution in [3.63, 3.8) is 0 Å². The number of benzene rings is 1. The number of rotatable bonds is 9. The molecule has 0 unspecified atom stereocenters. The fraction of sp³-hybridized carbons (Fsp3) is 0.524. The topological polar surface area (TPSA) is 85.5 Å². The second kappa shape index (κ2) is 10.3. The molecule has 3 rings (SSSR count). The lowest BCUT2D eigenvalue weighted by Crippen LogP contribution is -3.15. The molecule has 29 heavy (non-hydrogen) atoms. The minimum Gasteiger partial charge on any atom is -0.497 e. The lowest BCUT2D eigenvalue weighted by atomic mass is 10.1. The largest absolute Gasteiger partial charge is 0.497 e. The van der Waals surface area contributed by atoms with Gasteiger partial charge in [0.05, 0.1) is 46.0 Å². The third-order valence-electron chi connectivity index (χ3n) is 5.29. The Morgan fingerprint density at radius 1 is 1.24 bits per heavy atom. The average Bonchev–Trinajstić information content (AvgIpc) is 3.13. The van der Waals surface area contributed by atoms with E-state index < -0.39 is 0 Å². The molecule has 8 heteroatoms. The van der Waals surface area contributed by atoms with Crippen LogP contribution in [0.2, 0.25) is 0 Å². The van der Waals surface area contributed by atoms with Crippen molar-refractivity contribution in [2.75, 3.05) is 60.1 Å². The highest BCUT2D eigenvalue weighted by atomic mass is 16.5. The second-order valence-corrected chi connectivity index (χ2v) is 7.30. The van der Waals surface area contributed by atoms with Gasteiger partial charge in [-0.2, -0.15) is 0 Å². The first-order chi connectivity index (χ1) is 14.1. The highest BCUT2D eigenvalue weighted by molar-refractivity contribution is 5.88. The van der Waals surface area contributed by atoms with Crippen LogP contribution < -0.4 is 15.0 Å². The third-order valence-corrected chi connectivity index (χ3v) is 5.29. The average molecular weight is 404 g/mol. The SMILES string of the molecule is COCCCNC(=O)C[NH+]1CCN(C(=O)Cc2coc3cc(OC)ccc23)CC1. The van der Waals surface area contributed by atoms with E-state index in [-0.39, 0.29) is 11.8 Å². The Morgan fingerprint density at radius 2 is 2.03 bits per heavy atom. The number of methoxy groups -OCH3 is 2. The van der Waals surface area contributed by atoms with Gasteiger partial charge in [0, 0.05) is 37.3 Å². The summed E-state index contributed by atoms with van der Waals surface area (Å²) in [4.78, 5) is 27.8. The van der Waals surface area contributed by atoms with Crippen molar-refractivity contribution in [2.45, 2.75) is 12.8 Å². The zero-order chi connectivity index (χ0) is 20.6. The number of piperazine rings is 1. The Morgan fingerprint density at radius 3 is 2.76 bits per heavy atom. The maximum atomic E-state index is 12.7. The van der Waals surface area contributed by atoms with Gasteiger partial charge < -0.3 is 29.0 Å². The van der Waals surface area contributed by atoms with Crippen LogP contribution in [0.25, 0.3) is 11.0 Å². The first kappa shape index (κ1) is 21.1. The van der Waals surface area contributed by atoms with Crippen molar-refractivity contribution in [3.05, 3.63) is 30.0 Å². The van der Waals surface area contributed by atoms with Gasteiger partial charge in [-0.25, -0.2) is 0 Å². The van der Waals surface area contributed by atoms with Gasteiger partial charge in [0.15, 0.2) is 6.54 Å². The lowest BCUT2D eigenvalue weighted by Gasteiger charge is -2.31. The number of fused-ring (bicyclic) bond motifs is 1. The van der Waals surface area contributed by atoms with E-state index in [1.165, 1.54) is 4.90 Å². The van der Waals surface area contributed by atoms with E-state index in [4.69, 9.17) is 13.9 Å². The molecule has 1 aliphatic rings. The zero-order valence-electron chi connectivity index (χ0n) is 17.2. The molecule has 1 aromatic carbocycles. The molecule has 8 nitrogen and oxygen atoms in total. The molecule has 1 aliphatic heterocycles. The molecule has 2 heterocycles. The Balaban J connectivity index is 1.45.